The van der Waals surface area contributed by atoms with Gasteiger partial charge < -0.3 is 5.32 Å². The summed E-state index contributed by atoms with van der Waals surface area (Å²) in [4.78, 5) is 0. The highest BCUT2D eigenvalue weighted by Crippen LogP contribution is 2.37. The predicted molar refractivity (Wildman–Crippen MR) is 69.6 cm³/mol. The van der Waals surface area contributed by atoms with Gasteiger partial charge in [-0.3, -0.25) is 0 Å². The van der Waals surface area contributed by atoms with Crippen molar-refractivity contribution < 1.29 is 0 Å². The molecule has 0 amide bonds. The quantitative estimate of drug-likeness (QED) is 0.766. The molecule has 0 heterocycles. The lowest BCUT2D eigenvalue weighted by Crippen LogP contribution is -2.17. The van der Waals surface area contributed by atoms with Gasteiger partial charge in [0.15, 0.2) is 0 Å². The third kappa shape index (κ3) is 3.08. The minimum absolute atomic E-state index is 0.560. The largest absolute Gasteiger partial charge is 0.313 e. The van der Waals surface area contributed by atoms with Crippen molar-refractivity contribution in [2.45, 2.75) is 45.1 Å². The Bertz CT molecular complexity index is 328. The molecule has 1 aliphatic rings. The molecule has 1 unspecified atom stereocenters. The van der Waals surface area contributed by atoms with E-state index in [2.05, 4.69) is 43.6 Å². The predicted octanol–water partition coefficient (Wildman–Crippen LogP) is 3.70. The van der Waals surface area contributed by atoms with Crippen LogP contribution in [0.25, 0.3) is 0 Å². The van der Waals surface area contributed by atoms with Crippen molar-refractivity contribution >= 4 is 0 Å². The molecule has 0 aliphatic heterocycles. The summed E-state index contributed by atoms with van der Waals surface area (Å²) in [6, 6.07) is 9.66. The lowest BCUT2D eigenvalue weighted by atomic mass is 9.98. The van der Waals surface area contributed by atoms with Gasteiger partial charge in [-0.2, -0.15) is 0 Å². The van der Waals surface area contributed by atoms with Crippen molar-refractivity contribution in [3.8, 4) is 0 Å². The fourth-order valence-electron chi connectivity index (χ4n) is 2.36. The molecule has 1 heteroatoms. The van der Waals surface area contributed by atoms with Gasteiger partial charge in [0.1, 0.15) is 0 Å². The minimum Gasteiger partial charge on any atom is -0.313 e. The van der Waals surface area contributed by atoms with Gasteiger partial charge in [0, 0.05) is 6.04 Å². The van der Waals surface area contributed by atoms with Crippen LogP contribution in [0.4, 0.5) is 0 Å². The normalized spacial score (nSPS) is 17.4. The van der Waals surface area contributed by atoms with Crippen LogP contribution in [0.1, 0.15) is 49.8 Å². The molecule has 0 saturated heterocycles. The van der Waals surface area contributed by atoms with Gasteiger partial charge in [0.05, 0.1) is 0 Å². The standard InChI is InChI=1S/C15H23N/c1-3-5-12-6-4-7-14(10-12)15(16-2)11-13-8-9-13/h4,6-7,10,13,15-16H,3,5,8-9,11H2,1-2H3. The number of aryl methyl sites for hydroxylation is 1. The lowest BCUT2D eigenvalue weighted by molar-refractivity contribution is 0.514. The molecular formula is C15H23N. The average Bonchev–Trinajstić information content (AvgIpc) is 3.10. The number of benzene rings is 1. The summed E-state index contributed by atoms with van der Waals surface area (Å²) in [5.74, 6) is 0.979. The van der Waals surface area contributed by atoms with Crippen LogP contribution >= 0.6 is 0 Å². The van der Waals surface area contributed by atoms with Gasteiger partial charge >= 0.3 is 0 Å². The molecule has 0 spiro atoms. The summed E-state index contributed by atoms with van der Waals surface area (Å²) in [7, 11) is 2.08. The Kier molecular flexibility index (Phi) is 4.00. The molecule has 1 aromatic rings. The van der Waals surface area contributed by atoms with Crippen molar-refractivity contribution in [2.75, 3.05) is 7.05 Å². The third-order valence-corrected chi connectivity index (χ3v) is 3.51. The first-order valence-electron chi connectivity index (χ1n) is 6.59. The zero-order chi connectivity index (χ0) is 11.4. The minimum atomic E-state index is 0.560. The van der Waals surface area contributed by atoms with E-state index < -0.39 is 0 Å². The van der Waals surface area contributed by atoms with E-state index in [1.54, 1.807) is 0 Å². The smallest absolute Gasteiger partial charge is 0.0320 e. The maximum atomic E-state index is 3.46. The summed E-state index contributed by atoms with van der Waals surface area (Å²) in [6.45, 7) is 2.24. The van der Waals surface area contributed by atoms with E-state index >= 15 is 0 Å². The molecule has 0 radical (unpaired) electrons. The molecule has 0 aromatic heterocycles. The Labute approximate surface area is 99.3 Å². The van der Waals surface area contributed by atoms with Crippen LogP contribution in [0.15, 0.2) is 24.3 Å². The second kappa shape index (κ2) is 5.49. The van der Waals surface area contributed by atoms with Crippen LogP contribution < -0.4 is 5.32 Å². The summed E-state index contributed by atoms with van der Waals surface area (Å²) in [5, 5.41) is 3.46. The maximum absolute atomic E-state index is 3.46. The van der Waals surface area contributed by atoms with Gasteiger partial charge in [0.25, 0.3) is 0 Å². The molecule has 88 valence electrons. The van der Waals surface area contributed by atoms with Crippen LogP contribution in [0.3, 0.4) is 0 Å². The molecule has 1 atom stereocenters. The summed E-state index contributed by atoms with van der Waals surface area (Å²) >= 11 is 0. The Morgan fingerprint density at radius 1 is 1.38 bits per heavy atom. The molecule has 0 bridgehead atoms. The zero-order valence-corrected chi connectivity index (χ0v) is 10.5. The molecule has 1 fully saturated rings. The molecule has 1 aromatic carbocycles. The Hall–Kier alpha value is -0.820. The van der Waals surface area contributed by atoms with Gasteiger partial charge in [-0.1, -0.05) is 50.5 Å². The molecule has 1 aliphatic carbocycles. The van der Waals surface area contributed by atoms with E-state index in [1.165, 1.54) is 43.2 Å². The summed E-state index contributed by atoms with van der Waals surface area (Å²) < 4.78 is 0. The first kappa shape index (κ1) is 11.7. The van der Waals surface area contributed by atoms with Crippen molar-refractivity contribution in [3.05, 3.63) is 35.4 Å². The Morgan fingerprint density at radius 2 is 2.19 bits per heavy atom. The molecule has 1 saturated carbocycles. The SMILES string of the molecule is CCCc1cccc(C(CC2CC2)NC)c1. The van der Waals surface area contributed by atoms with E-state index in [1.807, 2.05) is 0 Å². The monoisotopic (exact) mass is 217 g/mol. The topological polar surface area (TPSA) is 12.0 Å². The zero-order valence-electron chi connectivity index (χ0n) is 10.5. The molecule has 16 heavy (non-hydrogen) atoms. The highest BCUT2D eigenvalue weighted by Gasteiger charge is 2.25. The van der Waals surface area contributed by atoms with Crippen LogP contribution in [0, 0.1) is 5.92 Å². The first-order chi connectivity index (χ1) is 7.83. The van der Waals surface area contributed by atoms with Crippen molar-refractivity contribution in [3.63, 3.8) is 0 Å². The molecular weight excluding hydrogens is 194 g/mol. The van der Waals surface area contributed by atoms with E-state index in [4.69, 9.17) is 0 Å². The molecule has 1 N–H and O–H groups in total. The summed E-state index contributed by atoms with van der Waals surface area (Å²) in [5.41, 5.74) is 2.95. The number of hydrogen-bond donors (Lipinski definition) is 1. The third-order valence-electron chi connectivity index (χ3n) is 3.51. The number of nitrogens with one attached hydrogen (secondary N) is 1. The van der Waals surface area contributed by atoms with E-state index in [-0.39, 0.29) is 0 Å². The van der Waals surface area contributed by atoms with Crippen LogP contribution in [0.5, 0.6) is 0 Å². The fourth-order valence-corrected chi connectivity index (χ4v) is 2.36. The van der Waals surface area contributed by atoms with Gasteiger partial charge in [-0.05, 0) is 36.9 Å². The maximum Gasteiger partial charge on any atom is 0.0320 e. The Balaban J connectivity index is 2.06. The van der Waals surface area contributed by atoms with Gasteiger partial charge in [0.2, 0.25) is 0 Å². The highest BCUT2D eigenvalue weighted by molar-refractivity contribution is 5.26. The molecule has 1 nitrogen and oxygen atoms in total. The summed E-state index contributed by atoms with van der Waals surface area (Å²) in [6.07, 6.45) is 6.62. The first-order valence-corrected chi connectivity index (χ1v) is 6.59. The number of rotatable bonds is 6. The number of hydrogen-bond acceptors (Lipinski definition) is 1. The average molecular weight is 217 g/mol. The van der Waals surface area contributed by atoms with E-state index in [0.717, 1.165) is 5.92 Å². The van der Waals surface area contributed by atoms with E-state index in [0.29, 0.717) is 6.04 Å². The van der Waals surface area contributed by atoms with Crippen LogP contribution in [0.2, 0.25) is 0 Å². The van der Waals surface area contributed by atoms with Crippen LogP contribution in [-0.4, -0.2) is 7.05 Å². The second-order valence-corrected chi connectivity index (χ2v) is 5.02. The molecule has 2 rings (SSSR count). The van der Waals surface area contributed by atoms with Crippen molar-refractivity contribution in [1.82, 2.24) is 5.32 Å². The van der Waals surface area contributed by atoms with Crippen LogP contribution in [-0.2, 0) is 6.42 Å². The van der Waals surface area contributed by atoms with Crippen molar-refractivity contribution in [1.29, 1.82) is 0 Å². The second-order valence-electron chi connectivity index (χ2n) is 5.02. The Morgan fingerprint density at radius 3 is 2.81 bits per heavy atom. The van der Waals surface area contributed by atoms with Gasteiger partial charge in [-0.25, -0.2) is 0 Å². The fraction of sp³-hybridized carbons (Fsp3) is 0.600. The lowest BCUT2D eigenvalue weighted by Gasteiger charge is -2.17. The van der Waals surface area contributed by atoms with E-state index in [9.17, 15) is 0 Å². The van der Waals surface area contributed by atoms with Gasteiger partial charge in [-0.15, -0.1) is 0 Å². The highest BCUT2D eigenvalue weighted by atomic mass is 14.9. The van der Waals surface area contributed by atoms with Crippen molar-refractivity contribution in [2.24, 2.45) is 5.92 Å².